The molecule has 128 valence electrons. The normalized spacial score (nSPS) is 27.8. The summed E-state index contributed by atoms with van der Waals surface area (Å²) >= 11 is 0. The molecule has 0 bridgehead atoms. The highest BCUT2D eigenvalue weighted by Crippen LogP contribution is 2.51. The fourth-order valence-corrected chi connectivity index (χ4v) is 3.83. The summed E-state index contributed by atoms with van der Waals surface area (Å²) in [7, 11) is 0. The quantitative estimate of drug-likeness (QED) is 0.857. The molecule has 5 nitrogen and oxygen atoms in total. The Morgan fingerprint density at radius 3 is 2.05 bits per heavy atom. The van der Waals surface area contributed by atoms with Gasteiger partial charge in [0.15, 0.2) is 0 Å². The van der Waals surface area contributed by atoms with E-state index < -0.39 is 23.2 Å². The number of rotatable bonds is 3. The minimum absolute atomic E-state index is 0.118. The van der Waals surface area contributed by atoms with Crippen LogP contribution in [0.25, 0.3) is 0 Å². The van der Waals surface area contributed by atoms with E-state index in [0.717, 1.165) is 6.42 Å². The summed E-state index contributed by atoms with van der Waals surface area (Å²) in [5, 5.41) is 9.98. The molecule has 1 rings (SSSR count). The van der Waals surface area contributed by atoms with Crippen LogP contribution in [-0.2, 0) is 9.53 Å². The van der Waals surface area contributed by atoms with E-state index in [0.29, 0.717) is 6.42 Å². The monoisotopic (exact) mass is 313 g/mol. The van der Waals surface area contributed by atoms with Gasteiger partial charge in [0.2, 0.25) is 0 Å². The summed E-state index contributed by atoms with van der Waals surface area (Å²) in [6.07, 6.45) is 0.661. The predicted molar refractivity (Wildman–Crippen MR) is 85.8 cm³/mol. The lowest BCUT2D eigenvalue weighted by atomic mass is 9.84. The first-order valence-electron chi connectivity index (χ1n) is 7.99. The molecule has 1 aliphatic rings. The molecule has 1 aliphatic carbocycles. The van der Waals surface area contributed by atoms with Gasteiger partial charge in [-0.25, -0.2) is 9.59 Å². The molecule has 22 heavy (non-hydrogen) atoms. The van der Waals surface area contributed by atoms with E-state index in [2.05, 4.69) is 13.8 Å². The average Bonchev–Trinajstić information content (AvgIpc) is 2.46. The number of hydrogen-bond acceptors (Lipinski definition) is 3. The Kier molecular flexibility index (Phi) is 4.91. The van der Waals surface area contributed by atoms with Crippen LogP contribution < -0.4 is 0 Å². The molecule has 5 heteroatoms. The van der Waals surface area contributed by atoms with Crippen LogP contribution in [0.5, 0.6) is 0 Å². The average molecular weight is 313 g/mol. The van der Waals surface area contributed by atoms with E-state index in [1.807, 2.05) is 20.8 Å². The van der Waals surface area contributed by atoms with Crippen LogP contribution in [0.15, 0.2) is 0 Å². The second-order valence-electron chi connectivity index (χ2n) is 8.62. The maximum Gasteiger partial charge on any atom is 0.411 e. The van der Waals surface area contributed by atoms with Crippen LogP contribution in [0.3, 0.4) is 0 Å². The van der Waals surface area contributed by atoms with E-state index in [-0.39, 0.29) is 17.4 Å². The molecule has 2 atom stereocenters. The summed E-state index contributed by atoms with van der Waals surface area (Å²) < 4.78 is 5.49. The Morgan fingerprint density at radius 1 is 1.27 bits per heavy atom. The van der Waals surface area contributed by atoms with Crippen molar-refractivity contribution in [2.75, 3.05) is 0 Å². The molecule has 0 radical (unpaired) electrons. The van der Waals surface area contributed by atoms with Gasteiger partial charge in [0.05, 0.1) is 0 Å². The highest BCUT2D eigenvalue weighted by molar-refractivity contribution is 5.85. The number of carboxylic acid groups (broad SMARTS) is 1. The summed E-state index contributed by atoms with van der Waals surface area (Å²) in [5.41, 5.74) is -1.98. The summed E-state index contributed by atoms with van der Waals surface area (Å²) in [6.45, 7) is 15.1. The fourth-order valence-electron chi connectivity index (χ4n) is 3.83. The van der Waals surface area contributed by atoms with Crippen LogP contribution in [0, 0.1) is 11.3 Å². The SMILES string of the molecule is CC(C)N(C(=O)OC(C)(C)C)C1(C(=O)O)CC(C)(C)CC1C. The van der Waals surface area contributed by atoms with Crippen molar-refractivity contribution in [2.45, 2.75) is 85.4 Å². The zero-order chi connectivity index (χ0) is 17.5. The Hall–Kier alpha value is -1.26. The second kappa shape index (κ2) is 5.74. The van der Waals surface area contributed by atoms with E-state index in [9.17, 15) is 14.7 Å². The van der Waals surface area contributed by atoms with E-state index in [1.165, 1.54) is 4.90 Å². The smallest absolute Gasteiger partial charge is 0.411 e. The van der Waals surface area contributed by atoms with Gasteiger partial charge in [-0.15, -0.1) is 0 Å². The van der Waals surface area contributed by atoms with Crippen LogP contribution >= 0.6 is 0 Å². The molecular weight excluding hydrogens is 282 g/mol. The molecule has 0 aromatic carbocycles. The van der Waals surface area contributed by atoms with Crippen LogP contribution in [0.1, 0.15) is 68.2 Å². The van der Waals surface area contributed by atoms with Crippen molar-refractivity contribution in [2.24, 2.45) is 11.3 Å². The van der Waals surface area contributed by atoms with Crippen molar-refractivity contribution < 1.29 is 19.4 Å². The first-order chi connectivity index (χ1) is 9.73. The third-order valence-electron chi connectivity index (χ3n) is 4.33. The summed E-state index contributed by atoms with van der Waals surface area (Å²) in [6, 6.07) is -0.248. The molecule has 1 saturated carbocycles. The molecule has 0 aromatic rings. The van der Waals surface area contributed by atoms with Gasteiger partial charge >= 0.3 is 12.1 Å². The minimum Gasteiger partial charge on any atom is -0.479 e. The second-order valence-corrected chi connectivity index (χ2v) is 8.62. The first kappa shape index (κ1) is 18.8. The molecule has 2 unspecified atom stereocenters. The Morgan fingerprint density at radius 2 is 1.77 bits per heavy atom. The molecule has 0 aromatic heterocycles. The highest BCUT2D eigenvalue weighted by atomic mass is 16.6. The summed E-state index contributed by atoms with van der Waals surface area (Å²) in [5.74, 6) is -1.07. The number of aliphatic carboxylic acids is 1. The number of nitrogens with zero attached hydrogens (tertiary/aromatic N) is 1. The number of carboxylic acids is 1. The van der Waals surface area contributed by atoms with Crippen molar-refractivity contribution in [3.63, 3.8) is 0 Å². The van der Waals surface area contributed by atoms with Crippen molar-refractivity contribution in [3.05, 3.63) is 0 Å². The van der Waals surface area contributed by atoms with Crippen molar-refractivity contribution in [3.8, 4) is 0 Å². The van der Waals surface area contributed by atoms with Gasteiger partial charge in [-0.2, -0.15) is 0 Å². The Balaban J connectivity index is 3.31. The molecule has 0 spiro atoms. The van der Waals surface area contributed by atoms with E-state index >= 15 is 0 Å². The number of carbonyl (C=O) groups is 2. The van der Waals surface area contributed by atoms with Gasteiger partial charge in [-0.1, -0.05) is 20.8 Å². The lowest BCUT2D eigenvalue weighted by molar-refractivity contribution is -0.155. The number of ether oxygens (including phenoxy) is 1. The molecule has 1 N–H and O–H groups in total. The Labute approximate surface area is 134 Å². The van der Waals surface area contributed by atoms with E-state index in [1.54, 1.807) is 20.8 Å². The Bertz CT molecular complexity index is 450. The zero-order valence-corrected chi connectivity index (χ0v) is 15.2. The van der Waals surface area contributed by atoms with Crippen LogP contribution in [0.2, 0.25) is 0 Å². The van der Waals surface area contributed by atoms with E-state index in [4.69, 9.17) is 4.74 Å². The van der Waals surface area contributed by atoms with Gasteiger partial charge in [0.1, 0.15) is 11.1 Å². The molecule has 1 fully saturated rings. The first-order valence-corrected chi connectivity index (χ1v) is 7.99. The van der Waals surface area contributed by atoms with Gasteiger partial charge in [0.25, 0.3) is 0 Å². The van der Waals surface area contributed by atoms with Crippen LogP contribution in [0.4, 0.5) is 4.79 Å². The largest absolute Gasteiger partial charge is 0.479 e. The predicted octanol–water partition coefficient (Wildman–Crippen LogP) is 3.91. The lowest BCUT2D eigenvalue weighted by Gasteiger charge is -2.44. The molecule has 0 aliphatic heterocycles. The third-order valence-corrected chi connectivity index (χ3v) is 4.33. The van der Waals surface area contributed by atoms with Crippen molar-refractivity contribution in [1.82, 2.24) is 4.90 Å². The molecule has 0 saturated heterocycles. The molecule has 0 heterocycles. The fraction of sp³-hybridized carbons (Fsp3) is 0.882. The minimum atomic E-state index is -1.21. The topological polar surface area (TPSA) is 66.8 Å². The van der Waals surface area contributed by atoms with Gasteiger partial charge in [-0.05, 0) is 58.8 Å². The maximum atomic E-state index is 12.7. The molecular formula is C17H31NO4. The van der Waals surface area contributed by atoms with Crippen LogP contribution in [-0.4, -0.2) is 39.3 Å². The lowest BCUT2D eigenvalue weighted by Crippen LogP contribution is -2.62. The highest BCUT2D eigenvalue weighted by Gasteiger charge is 2.60. The van der Waals surface area contributed by atoms with Crippen molar-refractivity contribution >= 4 is 12.1 Å². The maximum absolute atomic E-state index is 12.7. The zero-order valence-electron chi connectivity index (χ0n) is 15.2. The molecule has 1 amide bonds. The third kappa shape index (κ3) is 3.55. The van der Waals surface area contributed by atoms with Gasteiger partial charge in [-0.3, -0.25) is 4.90 Å². The number of carbonyl (C=O) groups excluding carboxylic acids is 1. The number of amides is 1. The van der Waals surface area contributed by atoms with Gasteiger partial charge in [0, 0.05) is 6.04 Å². The summed E-state index contributed by atoms with van der Waals surface area (Å²) in [4.78, 5) is 26.3. The van der Waals surface area contributed by atoms with Gasteiger partial charge < -0.3 is 9.84 Å². The van der Waals surface area contributed by atoms with Crippen molar-refractivity contribution in [1.29, 1.82) is 0 Å². The standard InChI is InChI=1S/C17H31NO4/c1-11(2)18(14(21)22-15(4,5)6)17(13(19)20)10-16(7,8)9-12(17)3/h11-12H,9-10H2,1-8H3,(H,19,20). The number of hydrogen-bond donors (Lipinski definition) is 1.